The van der Waals surface area contributed by atoms with Crippen molar-refractivity contribution in [3.8, 4) is 0 Å². The normalized spacial score (nSPS) is 19.6. The third-order valence-electron chi connectivity index (χ3n) is 8.38. The molecule has 1 aliphatic carbocycles. The Labute approximate surface area is 233 Å². The first-order valence-electron chi connectivity index (χ1n) is 14.7. The van der Waals surface area contributed by atoms with Gasteiger partial charge in [0.25, 0.3) is 0 Å². The second-order valence-corrected chi connectivity index (χ2v) is 12.9. The number of hydrogen-bond acceptors (Lipinski definition) is 2. The summed E-state index contributed by atoms with van der Waals surface area (Å²) < 4.78 is 0. The fraction of sp³-hybridized carbons (Fsp3) is 0.529. The number of alkyl halides is 1. The van der Waals surface area contributed by atoms with E-state index in [9.17, 15) is 0 Å². The maximum absolute atomic E-state index is 4.99. The van der Waals surface area contributed by atoms with Crippen LogP contribution in [-0.4, -0.2) is 14.8 Å². The quantitative estimate of drug-likeness (QED) is 0.153. The Hall–Kier alpha value is -2.00. The molecular formula is C34H45BrN2. The number of hydrogen-bond donors (Lipinski definition) is 0. The molecule has 0 N–H and O–H groups in total. The van der Waals surface area contributed by atoms with Crippen LogP contribution in [0.1, 0.15) is 112 Å². The van der Waals surface area contributed by atoms with Crippen LogP contribution in [0.15, 0.2) is 73.1 Å². The van der Waals surface area contributed by atoms with E-state index in [-0.39, 0.29) is 11.8 Å². The van der Waals surface area contributed by atoms with Crippen molar-refractivity contribution >= 4 is 15.9 Å². The van der Waals surface area contributed by atoms with E-state index in [1.165, 1.54) is 74.5 Å². The van der Waals surface area contributed by atoms with Crippen LogP contribution in [0.25, 0.3) is 0 Å². The zero-order chi connectivity index (χ0) is 25.9. The van der Waals surface area contributed by atoms with Crippen LogP contribution < -0.4 is 0 Å². The summed E-state index contributed by atoms with van der Waals surface area (Å²) in [7, 11) is 0. The Morgan fingerprint density at radius 2 is 1.32 bits per heavy atom. The van der Waals surface area contributed by atoms with Gasteiger partial charge in [0.15, 0.2) is 0 Å². The molecule has 1 aliphatic rings. The monoisotopic (exact) mass is 560 g/mol. The van der Waals surface area contributed by atoms with Gasteiger partial charge in [0, 0.05) is 29.1 Å². The number of unbranched alkanes of at least 4 members (excludes halogenated alkanes) is 2. The maximum Gasteiger partial charge on any atom is 0.132 e. The molecule has 2 aromatic carbocycles. The molecule has 1 fully saturated rings. The molecule has 1 heterocycles. The van der Waals surface area contributed by atoms with Crippen LogP contribution in [-0.2, 0) is 6.42 Å². The molecule has 0 saturated heterocycles. The van der Waals surface area contributed by atoms with E-state index in [0.717, 1.165) is 30.5 Å². The van der Waals surface area contributed by atoms with Crippen molar-refractivity contribution in [3.63, 3.8) is 0 Å². The van der Waals surface area contributed by atoms with Gasteiger partial charge in [-0.25, -0.2) is 9.97 Å². The Morgan fingerprint density at radius 3 is 1.84 bits per heavy atom. The predicted molar refractivity (Wildman–Crippen MR) is 160 cm³/mol. The summed E-state index contributed by atoms with van der Waals surface area (Å²) in [4.78, 5) is 10.4. The van der Waals surface area contributed by atoms with Gasteiger partial charge in [-0.2, -0.15) is 0 Å². The van der Waals surface area contributed by atoms with Crippen molar-refractivity contribution in [1.29, 1.82) is 0 Å². The third kappa shape index (κ3) is 8.50. The molecule has 0 amide bonds. The molecule has 3 aromatic rings. The van der Waals surface area contributed by atoms with E-state index in [2.05, 4.69) is 103 Å². The first kappa shape index (κ1) is 28.0. The molecule has 198 valence electrons. The van der Waals surface area contributed by atoms with Gasteiger partial charge in [-0.15, -0.1) is 0 Å². The van der Waals surface area contributed by atoms with Crippen LogP contribution in [0.4, 0.5) is 0 Å². The second kappa shape index (κ2) is 14.8. The lowest BCUT2D eigenvalue weighted by molar-refractivity contribution is 0.249. The Bertz CT molecular complexity index is 971. The number of aromatic nitrogens is 2. The van der Waals surface area contributed by atoms with Gasteiger partial charge >= 0.3 is 0 Å². The molecule has 4 rings (SSSR count). The zero-order valence-corrected chi connectivity index (χ0v) is 24.5. The maximum atomic E-state index is 4.99. The summed E-state index contributed by atoms with van der Waals surface area (Å²) in [5, 5.41) is 0. The summed E-state index contributed by atoms with van der Waals surface area (Å²) in [6, 6.07) is 21.7. The molecule has 0 spiro atoms. The van der Waals surface area contributed by atoms with Gasteiger partial charge < -0.3 is 0 Å². The van der Waals surface area contributed by atoms with Gasteiger partial charge in [0.05, 0.1) is 0 Å². The molecule has 37 heavy (non-hydrogen) atoms. The predicted octanol–water partition coefficient (Wildman–Crippen LogP) is 9.89. The van der Waals surface area contributed by atoms with Crippen LogP contribution in [0.2, 0.25) is 0 Å². The minimum Gasteiger partial charge on any atom is -0.241 e. The molecule has 1 saturated carbocycles. The van der Waals surface area contributed by atoms with Crippen molar-refractivity contribution in [2.24, 2.45) is 11.8 Å². The van der Waals surface area contributed by atoms with Gasteiger partial charge in [-0.05, 0) is 47.8 Å². The zero-order valence-electron chi connectivity index (χ0n) is 22.9. The molecule has 1 aromatic heterocycles. The Balaban J connectivity index is 1.42. The Kier molecular flexibility index (Phi) is 11.2. The highest BCUT2D eigenvalue weighted by Gasteiger charge is 2.29. The third-order valence-corrected chi connectivity index (χ3v) is 8.75. The van der Waals surface area contributed by atoms with E-state index >= 15 is 0 Å². The topological polar surface area (TPSA) is 25.8 Å². The summed E-state index contributed by atoms with van der Waals surface area (Å²) in [5.41, 5.74) is 3.94. The molecule has 0 bridgehead atoms. The lowest BCUT2D eigenvalue weighted by Gasteiger charge is -2.29. The van der Waals surface area contributed by atoms with Crippen molar-refractivity contribution in [2.45, 2.75) is 101 Å². The average Bonchev–Trinajstić information content (AvgIpc) is 2.94. The number of nitrogens with zero attached hydrogens (tertiary/aromatic N) is 2. The van der Waals surface area contributed by atoms with Crippen LogP contribution in [0, 0.1) is 11.8 Å². The van der Waals surface area contributed by atoms with Crippen LogP contribution in [0.5, 0.6) is 0 Å². The van der Waals surface area contributed by atoms with Gasteiger partial charge in [0.1, 0.15) is 5.82 Å². The molecule has 0 aliphatic heterocycles. The minimum absolute atomic E-state index is 0.205. The SMILES string of the molecule is CCCCCC1CCC(CCc2cnc(C(CC(C)Br)C(c3ccccc3)c3ccccc3)nc2)CC1. The standard InChI is InChI=1S/C34H45BrN2/c1-3-4-7-12-27-17-19-28(20-18-27)21-22-29-24-36-34(37-25-29)32(23-26(2)35)33(30-13-8-5-9-14-30)31-15-10-6-11-16-31/h5-6,8-11,13-16,24-28,32-33H,3-4,7,12,17-23H2,1-2H3. The second-order valence-electron chi connectivity index (χ2n) is 11.3. The molecule has 2 nitrogen and oxygen atoms in total. The minimum atomic E-state index is 0.205. The highest BCUT2D eigenvalue weighted by molar-refractivity contribution is 9.09. The number of benzene rings is 2. The van der Waals surface area contributed by atoms with Crippen LogP contribution >= 0.6 is 15.9 Å². The van der Waals surface area contributed by atoms with E-state index in [0.29, 0.717) is 4.83 Å². The smallest absolute Gasteiger partial charge is 0.132 e. The number of rotatable bonds is 13. The summed E-state index contributed by atoms with van der Waals surface area (Å²) in [5.74, 6) is 3.25. The van der Waals surface area contributed by atoms with Gasteiger partial charge in [-0.3, -0.25) is 0 Å². The lowest BCUT2D eigenvalue weighted by Crippen LogP contribution is -2.19. The fourth-order valence-corrected chi connectivity index (χ4v) is 6.67. The summed E-state index contributed by atoms with van der Waals surface area (Å²) in [6.07, 6.45) is 18.9. The lowest BCUT2D eigenvalue weighted by atomic mass is 9.77. The van der Waals surface area contributed by atoms with E-state index in [1.54, 1.807) is 0 Å². The van der Waals surface area contributed by atoms with Gasteiger partial charge in [0.2, 0.25) is 0 Å². The van der Waals surface area contributed by atoms with Crippen LogP contribution in [0.3, 0.4) is 0 Å². The number of aryl methyl sites for hydroxylation is 1. The molecular weight excluding hydrogens is 516 g/mol. The van der Waals surface area contributed by atoms with Crippen molar-refractivity contribution in [3.05, 3.63) is 95.6 Å². The molecule has 3 heteroatoms. The summed E-state index contributed by atoms with van der Waals surface area (Å²) in [6.45, 7) is 4.54. The van der Waals surface area contributed by atoms with E-state index in [4.69, 9.17) is 9.97 Å². The Morgan fingerprint density at radius 1 is 0.784 bits per heavy atom. The van der Waals surface area contributed by atoms with Gasteiger partial charge in [-0.1, -0.05) is 142 Å². The van der Waals surface area contributed by atoms with Crippen molar-refractivity contribution in [1.82, 2.24) is 9.97 Å². The van der Waals surface area contributed by atoms with Crippen molar-refractivity contribution in [2.75, 3.05) is 0 Å². The summed E-state index contributed by atoms with van der Waals surface area (Å²) >= 11 is 3.84. The fourth-order valence-electron chi connectivity index (χ4n) is 6.27. The highest BCUT2D eigenvalue weighted by Crippen LogP contribution is 2.41. The first-order chi connectivity index (χ1) is 18.1. The molecule has 2 unspecified atom stereocenters. The molecule has 0 radical (unpaired) electrons. The highest BCUT2D eigenvalue weighted by atomic mass is 79.9. The average molecular weight is 562 g/mol. The van der Waals surface area contributed by atoms with E-state index in [1.807, 2.05) is 0 Å². The van der Waals surface area contributed by atoms with E-state index < -0.39 is 0 Å². The number of halogens is 1. The molecule has 2 atom stereocenters. The first-order valence-corrected chi connectivity index (χ1v) is 15.6. The van der Waals surface area contributed by atoms with Crippen molar-refractivity contribution < 1.29 is 0 Å². The largest absolute Gasteiger partial charge is 0.241 e.